The zero-order valence-corrected chi connectivity index (χ0v) is 39.9. The van der Waals surface area contributed by atoms with Gasteiger partial charge < -0.3 is 39.3 Å². The van der Waals surface area contributed by atoms with Crippen molar-refractivity contribution >= 4 is 49.8 Å². The lowest BCUT2D eigenvalue weighted by Gasteiger charge is -2.16. The number of fused-ring (bicyclic) bond motifs is 2. The van der Waals surface area contributed by atoms with Crippen LogP contribution in [0.5, 0.6) is 0 Å². The minimum absolute atomic E-state index is 0.0262. The summed E-state index contributed by atoms with van der Waals surface area (Å²) in [6, 6.07) is 17.7. The first-order valence-electron chi connectivity index (χ1n) is 20.9. The average molecular weight is 906 g/mol. The molecule has 0 aliphatic rings. The van der Waals surface area contributed by atoms with Crippen LogP contribution in [-0.2, 0) is 22.9 Å². The summed E-state index contributed by atoms with van der Waals surface area (Å²) in [6.07, 6.45) is 0. The number of H-pyrrole nitrogens is 2. The van der Waals surface area contributed by atoms with Crippen LogP contribution in [0.15, 0.2) is 57.6 Å². The monoisotopic (exact) mass is 905 g/mol. The molecule has 0 unspecified atom stereocenters. The molecule has 336 valence electrons. The number of imidazole rings is 2. The van der Waals surface area contributed by atoms with E-state index in [1.807, 2.05) is 62.4 Å². The van der Waals surface area contributed by atoms with Crippen molar-refractivity contribution in [2.24, 2.45) is 5.73 Å². The van der Waals surface area contributed by atoms with E-state index in [0.717, 1.165) is 67.8 Å². The first kappa shape index (κ1) is 45.5. The fraction of sp³-hybridized carbons (Fsp3) is 0.364. The Kier molecular flexibility index (Phi) is 13.0. The molecule has 1 amide bonds. The van der Waals surface area contributed by atoms with Crippen LogP contribution in [0, 0.1) is 27.7 Å². The number of carboxylic acid groups (broad SMARTS) is 1. The van der Waals surface area contributed by atoms with Crippen LogP contribution in [0.1, 0.15) is 44.3 Å². The van der Waals surface area contributed by atoms with Gasteiger partial charge in [-0.05, 0) is 76.2 Å². The normalized spacial score (nSPS) is 12.0. The number of aromatic nitrogens is 10. The van der Waals surface area contributed by atoms with Crippen molar-refractivity contribution in [2.45, 2.75) is 92.5 Å². The molecular formula is C44H55N11O7Si2. The number of rotatable bonds is 16. The SMILES string of the molecule is Cc1noc(-c2cc3cc(-c4nc(C(=O)O)n(COCC[Si](C)(C)C)c4C)ccc3[nH]2)n1.Cc1noc(-c2cc3cc(-c4nc(C(N)=O)n(COCC[Si](C)(C)C)c4C)ccc3[nH]2)n1. The Labute approximate surface area is 371 Å². The molecule has 2 aromatic carbocycles. The number of carbonyl (C=O) groups is 2. The Morgan fingerprint density at radius 3 is 1.45 bits per heavy atom. The van der Waals surface area contributed by atoms with Crippen molar-refractivity contribution in [3.8, 4) is 45.7 Å². The average Bonchev–Trinajstić information content (AvgIpc) is 4.08. The molecule has 0 atom stereocenters. The van der Waals surface area contributed by atoms with E-state index in [1.54, 1.807) is 23.0 Å². The first-order valence-corrected chi connectivity index (χ1v) is 28.4. The van der Waals surface area contributed by atoms with E-state index in [-0.39, 0.29) is 25.1 Å². The van der Waals surface area contributed by atoms with Gasteiger partial charge in [0.25, 0.3) is 17.7 Å². The Bertz CT molecular complexity index is 2760. The summed E-state index contributed by atoms with van der Waals surface area (Å²) in [5.41, 5.74) is 13.5. The smallest absolute Gasteiger partial charge is 0.372 e. The van der Waals surface area contributed by atoms with E-state index in [0.29, 0.717) is 48.0 Å². The number of hydrogen-bond acceptors (Lipinski definition) is 12. The van der Waals surface area contributed by atoms with Gasteiger partial charge in [0.1, 0.15) is 24.8 Å². The van der Waals surface area contributed by atoms with Gasteiger partial charge >= 0.3 is 5.97 Å². The molecular weight excluding hydrogens is 851 g/mol. The second kappa shape index (κ2) is 18.3. The third-order valence-electron chi connectivity index (χ3n) is 10.6. The quantitative estimate of drug-likeness (QED) is 0.0524. The van der Waals surface area contributed by atoms with E-state index in [2.05, 4.69) is 79.5 Å². The topological polar surface area (TPSA) is 244 Å². The lowest BCUT2D eigenvalue weighted by atomic mass is 10.1. The van der Waals surface area contributed by atoms with Crippen LogP contribution < -0.4 is 5.73 Å². The van der Waals surface area contributed by atoms with Gasteiger partial charge in [-0.15, -0.1) is 0 Å². The third kappa shape index (κ3) is 10.5. The molecule has 6 heterocycles. The molecule has 5 N–H and O–H groups in total. The Morgan fingerprint density at radius 1 is 0.656 bits per heavy atom. The van der Waals surface area contributed by atoms with Crippen molar-refractivity contribution in [2.75, 3.05) is 13.2 Å². The fourth-order valence-corrected chi connectivity index (χ4v) is 8.47. The number of nitrogens with zero attached hydrogens (tertiary/aromatic N) is 8. The summed E-state index contributed by atoms with van der Waals surface area (Å²) in [6.45, 7) is 22.7. The number of nitrogens with one attached hydrogen (secondary N) is 2. The standard InChI is InChI=1S/C22H28N6O3Si.C22H27N5O4Si/c1-13-19(26-21(20(23)29)28(13)12-30-8-9-32(3,4)5)15-6-7-17-16(10-15)11-18(25-17)22-24-14(2)27-31-22;1-13-19(25-20(22(28)29)27(13)12-30-8-9-32(3,4)5)15-6-7-17-16(10-15)11-18(24-17)21-23-14(2)26-31-21/h6-7,10-11,25H,8-9,12H2,1-5H3,(H2,23,29);6-7,10-11,24H,8-9,12H2,1-5H3,(H,28,29). The molecule has 0 fully saturated rings. The second-order valence-corrected chi connectivity index (χ2v) is 29.5. The molecule has 20 heteroatoms. The number of amides is 1. The second-order valence-electron chi connectivity index (χ2n) is 18.2. The summed E-state index contributed by atoms with van der Waals surface area (Å²) in [5, 5.41) is 19.3. The lowest BCUT2D eigenvalue weighted by molar-refractivity contribution is 0.0609. The molecule has 0 spiro atoms. The van der Waals surface area contributed by atoms with E-state index in [9.17, 15) is 14.7 Å². The van der Waals surface area contributed by atoms with Crippen molar-refractivity contribution < 1.29 is 33.2 Å². The van der Waals surface area contributed by atoms with Crippen LogP contribution in [-0.4, -0.2) is 95.7 Å². The van der Waals surface area contributed by atoms with Gasteiger partial charge in [0.2, 0.25) is 11.6 Å². The summed E-state index contributed by atoms with van der Waals surface area (Å²) >= 11 is 0. The number of carboxylic acids is 1. The molecule has 64 heavy (non-hydrogen) atoms. The zero-order chi connectivity index (χ0) is 46.1. The molecule has 0 aliphatic carbocycles. The van der Waals surface area contributed by atoms with Crippen LogP contribution in [0.25, 0.3) is 67.5 Å². The van der Waals surface area contributed by atoms with E-state index in [1.165, 1.54) is 0 Å². The highest BCUT2D eigenvalue weighted by molar-refractivity contribution is 6.76. The van der Waals surface area contributed by atoms with Gasteiger partial charge in [-0.1, -0.05) is 61.7 Å². The van der Waals surface area contributed by atoms with E-state index in [4.69, 9.17) is 24.3 Å². The maximum absolute atomic E-state index is 12.0. The number of primary amides is 1. The Morgan fingerprint density at radius 2 is 1.08 bits per heavy atom. The van der Waals surface area contributed by atoms with Crippen LogP contribution >= 0.6 is 0 Å². The molecule has 0 aliphatic heterocycles. The van der Waals surface area contributed by atoms with Crippen molar-refractivity contribution in [3.63, 3.8) is 0 Å². The maximum atomic E-state index is 12.0. The predicted molar refractivity (Wildman–Crippen MR) is 248 cm³/mol. The minimum atomic E-state index is -1.22. The lowest BCUT2D eigenvalue weighted by Crippen LogP contribution is -2.23. The molecule has 8 rings (SSSR count). The molecule has 6 aromatic heterocycles. The highest BCUT2D eigenvalue weighted by Gasteiger charge is 2.23. The Balaban J connectivity index is 0.000000191. The summed E-state index contributed by atoms with van der Waals surface area (Å²) in [5.74, 6) is 0.509. The molecule has 0 saturated heterocycles. The third-order valence-corrected chi connectivity index (χ3v) is 14.0. The van der Waals surface area contributed by atoms with Crippen molar-refractivity contribution in [1.82, 2.24) is 49.4 Å². The number of aromatic carboxylic acids is 1. The number of hydrogen-bond donors (Lipinski definition) is 4. The molecule has 18 nitrogen and oxygen atoms in total. The number of benzene rings is 2. The number of aryl methyl sites for hydroxylation is 2. The first-order chi connectivity index (χ1) is 30.2. The van der Waals surface area contributed by atoms with Crippen molar-refractivity contribution in [1.29, 1.82) is 0 Å². The van der Waals surface area contributed by atoms with E-state index < -0.39 is 28.0 Å². The van der Waals surface area contributed by atoms with Gasteiger partial charge in [-0.2, -0.15) is 9.97 Å². The van der Waals surface area contributed by atoms with Crippen LogP contribution in [0.3, 0.4) is 0 Å². The predicted octanol–water partition coefficient (Wildman–Crippen LogP) is 8.82. The number of aromatic amines is 2. The van der Waals surface area contributed by atoms with Gasteiger partial charge in [0.15, 0.2) is 11.6 Å². The largest absolute Gasteiger partial charge is 0.475 e. The summed E-state index contributed by atoms with van der Waals surface area (Å²) < 4.78 is 25.5. The number of carbonyl (C=O) groups excluding carboxylic acids is 1. The summed E-state index contributed by atoms with van der Waals surface area (Å²) in [7, 11) is -2.42. The molecule has 8 aromatic rings. The molecule has 0 bridgehead atoms. The van der Waals surface area contributed by atoms with Gasteiger partial charge in [-0.3, -0.25) is 13.9 Å². The zero-order valence-electron chi connectivity index (χ0n) is 37.9. The highest BCUT2D eigenvalue weighted by Crippen LogP contribution is 2.32. The van der Waals surface area contributed by atoms with Crippen molar-refractivity contribution in [3.05, 3.63) is 83.2 Å². The van der Waals surface area contributed by atoms with Crippen LogP contribution in [0.4, 0.5) is 0 Å². The number of nitrogens with two attached hydrogens (primary N) is 1. The van der Waals surface area contributed by atoms with E-state index >= 15 is 0 Å². The fourth-order valence-electron chi connectivity index (χ4n) is 6.95. The molecule has 0 radical (unpaired) electrons. The van der Waals surface area contributed by atoms with Gasteiger partial charge in [0.05, 0.1) is 11.4 Å². The van der Waals surface area contributed by atoms with Crippen LogP contribution in [0.2, 0.25) is 51.4 Å². The molecule has 0 saturated carbocycles. The maximum Gasteiger partial charge on any atom is 0.372 e. The minimum Gasteiger partial charge on any atom is -0.475 e. The number of ether oxygens (including phenoxy) is 2. The highest BCUT2D eigenvalue weighted by atomic mass is 28.3. The van der Waals surface area contributed by atoms with Gasteiger partial charge in [-0.25, -0.2) is 14.8 Å². The summed E-state index contributed by atoms with van der Waals surface area (Å²) in [4.78, 5) is 47.9. The van der Waals surface area contributed by atoms with Gasteiger partial charge in [0, 0.05) is 73.7 Å². The Hall–Kier alpha value is -6.49.